The third-order valence-corrected chi connectivity index (χ3v) is 1.98. The largest absolute Gasteiger partial charge is 0.342 e. The molecule has 0 unspecified atom stereocenters. The molecular weight excluding hydrogens is 142 g/mol. The smallest absolute Gasteiger partial charge is 0.222 e. The van der Waals surface area contributed by atoms with Crippen LogP contribution >= 0.6 is 0 Å². The number of amides is 1. The molecule has 1 amide bonds. The molecule has 0 aromatic rings. The van der Waals surface area contributed by atoms with Crippen molar-refractivity contribution in [3.8, 4) is 0 Å². The summed E-state index contributed by atoms with van der Waals surface area (Å²) in [7, 11) is 0. The van der Waals surface area contributed by atoms with E-state index in [1.165, 1.54) is 0 Å². The fourth-order valence-electron chi connectivity index (χ4n) is 1.23. The molecule has 0 saturated carbocycles. The van der Waals surface area contributed by atoms with Crippen LogP contribution in [-0.2, 0) is 9.59 Å². The Morgan fingerprint density at radius 2 is 2.00 bits per heavy atom. The molecule has 1 aliphatic rings. The van der Waals surface area contributed by atoms with E-state index in [2.05, 4.69) is 0 Å². The highest BCUT2D eigenvalue weighted by molar-refractivity contribution is 5.83. The maximum atomic E-state index is 11.1. The molecular formula is C8H13NO2. The van der Waals surface area contributed by atoms with Crippen molar-refractivity contribution in [2.24, 2.45) is 0 Å². The van der Waals surface area contributed by atoms with Crippen LogP contribution in [0.2, 0.25) is 0 Å². The summed E-state index contributed by atoms with van der Waals surface area (Å²) in [6.07, 6.45) is 1.64. The van der Waals surface area contributed by atoms with Crippen LogP contribution in [0, 0.1) is 0 Å². The maximum absolute atomic E-state index is 11.1. The number of Topliss-reactive ketones (excluding diaryl/α,β-unsaturated/α-hetero) is 1. The van der Waals surface area contributed by atoms with Crippen LogP contribution in [0.15, 0.2) is 0 Å². The van der Waals surface area contributed by atoms with E-state index in [-0.39, 0.29) is 11.7 Å². The molecule has 0 aliphatic carbocycles. The van der Waals surface area contributed by atoms with E-state index in [0.29, 0.717) is 32.4 Å². The Bertz CT molecular complexity index is 167. The molecule has 1 saturated heterocycles. The van der Waals surface area contributed by atoms with Crippen molar-refractivity contribution in [2.75, 3.05) is 13.1 Å². The van der Waals surface area contributed by atoms with Crippen molar-refractivity contribution in [1.29, 1.82) is 0 Å². The molecule has 0 N–H and O–H groups in total. The fraction of sp³-hybridized carbons (Fsp3) is 0.750. The predicted octanol–water partition coefficient (Wildman–Crippen LogP) is 0.588. The third kappa shape index (κ3) is 2.03. The SMILES string of the molecule is CCC(=O)N1CCC(=O)CC1. The number of rotatable bonds is 1. The van der Waals surface area contributed by atoms with Crippen LogP contribution in [0.3, 0.4) is 0 Å². The van der Waals surface area contributed by atoms with Crippen molar-refractivity contribution >= 4 is 11.7 Å². The van der Waals surface area contributed by atoms with E-state index in [9.17, 15) is 9.59 Å². The first-order valence-corrected chi connectivity index (χ1v) is 4.03. The van der Waals surface area contributed by atoms with Crippen molar-refractivity contribution < 1.29 is 9.59 Å². The van der Waals surface area contributed by atoms with Gasteiger partial charge in [-0.25, -0.2) is 0 Å². The Hall–Kier alpha value is -0.860. The molecule has 1 fully saturated rings. The molecule has 0 atom stereocenters. The lowest BCUT2D eigenvalue weighted by Crippen LogP contribution is -2.38. The third-order valence-electron chi connectivity index (χ3n) is 1.98. The summed E-state index contributed by atoms with van der Waals surface area (Å²) in [6, 6.07) is 0. The first-order chi connectivity index (χ1) is 5.24. The van der Waals surface area contributed by atoms with Crippen molar-refractivity contribution in [1.82, 2.24) is 4.90 Å². The summed E-state index contributed by atoms with van der Waals surface area (Å²) in [5.41, 5.74) is 0. The molecule has 0 spiro atoms. The molecule has 3 heteroatoms. The fourth-order valence-corrected chi connectivity index (χ4v) is 1.23. The van der Waals surface area contributed by atoms with Crippen LogP contribution in [0.5, 0.6) is 0 Å². The molecule has 3 nitrogen and oxygen atoms in total. The monoisotopic (exact) mass is 155 g/mol. The van der Waals surface area contributed by atoms with Gasteiger partial charge >= 0.3 is 0 Å². The molecule has 1 heterocycles. The molecule has 0 aromatic heterocycles. The number of likely N-dealkylation sites (tertiary alicyclic amines) is 1. The molecule has 62 valence electrons. The van der Waals surface area contributed by atoms with Crippen LogP contribution < -0.4 is 0 Å². The highest BCUT2D eigenvalue weighted by Crippen LogP contribution is 2.06. The van der Waals surface area contributed by atoms with Gasteiger partial charge < -0.3 is 4.90 Å². The van der Waals surface area contributed by atoms with Crippen molar-refractivity contribution in [3.05, 3.63) is 0 Å². The second kappa shape index (κ2) is 3.51. The van der Waals surface area contributed by atoms with Crippen molar-refractivity contribution in [2.45, 2.75) is 26.2 Å². The molecule has 0 radical (unpaired) electrons. The first-order valence-electron chi connectivity index (χ1n) is 4.03. The number of piperidine rings is 1. The Morgan fingerprint density at radius 3 is 2.45 bits per heavy atom. The predicted molar refractivity (Wildman–Crippen MR) is 41.1 cm³/mol. The normalized spacial score (nSPS) is 18.6. The van der Waals surface area contributed by atoms with E-state index in [1.807, 2.05) is 6.92 Å². The first kappa shape index (κ1) is 8.24. The topological polar surface area (TPSA) is 37.4 Å². The summed E-state index contributed by atoms with van der Waals surface area (Å²) < 4.78 is 0. The number of nitrogens with zero attached hydrogens (tertiary/aromatic N) is 1. The average Bonchev–Trinajstić information content (AvgIpc) is 2.05. The van der Waals surface area contributed by atoms with Crippen LogP contribution in [0.25, 0.3) is 0 Å². The zero-order valence-electron chi connectivity index (χ0n) is 6.80. The zero-order chi connectivity index (χ0) is 8.27. The van der Waals surface area contributed by atoms with E-state index < -0.39 is 0 Å². The van der Waals surface area contributed by atoms with Crippen LogP contribution in [-0.4, -0.2) is 29.7 Å². The van der Waals surface area contributed by atoms with Gasteiger partial charge in [0.1, 0.15) is 5.78 Å². The van der Waals surface area contributed by atoms with Gasteiger partial charge in [0.25, 0.3) is 0 Å². The van der Waals surface area contributed by atoms with E-state index in [1.54, 1.807) is 4.90 Å². The minimum absolute atomic E-state index is 0.164. The van der Waals surface area contributed by atoms with Gasteiger partial charge in [-0.1, -0.05) is 6.92 Å². The number of carbonyl (C=O) groups excluding carboxylic acids is 2. The summed E-state index contributed by atoms with van der Waals surface area (Å²) in [4.78, 5) is 23.6. The lowest BCUT2D eigenvalue weighted by molar-refractivity contribution is -0.134. The van der Waals surface area contributed by atoms with Gasteiger partial charge in [-0.2, -0.15) is 0 Å². The van der Waals surface area contributed by atoms with Gasteiger partial charge in [0.2, 0.25) is 5.91 Å². The number of ketones is 1. The minimum atomic E-state index is 0.164. The van der Waals surface area contributed by atoms with Gasteiger partial charge in [0, 0.05) is 32.4 Å². The number of hydrogen-bond donors (Lipinski definition) is 0. The lowest BCUT2D eigenvalue weighted by atomic mass is 10.1. The zero-order valence-corrected chi connectivity index (χ0v) is 6.80. The Kier molecular flexibility index (Phi) is 2.63. The maximum Gasteiger partial charge on any atom is 0.222 e. The quantitative estimate of drug-likeness (QED) is 0.555. The van der Waals surface area contributed by atoms with Gasteiger partial charge in [-0.05, 0) is 0 Å². The molecule has 1 rings (SSSR count). The Balaban J connectivity index is 2.39. The Labute approximate surface area is 66.4 Å². The molecule has 1 aliphatic heterocycles. The molecule has 0 aromatic carbocycles. The summed E-state index contributed by atoms with van der Waals surface area (Å²) >= 11 is 0. The van der Waals surface area contributed by atoms with Crippen LogP contribution in [0.1, 0.15) is 26.2 Å². The Morgan fingerprint density at radius 1 is 1.45 bits per heavy atom. The van der Waals surface area contributed by atoms with Crippen LogP contribution in [0.4, 0.5) is 0 Å². The van der Waals surface area contributed by atoms with Gasteiger partial charge in [0.05, 0.1) is 0 Å². The van der Waals surface area contributed by atoms with E-state index >= 15 is 0 Å². The molecule has 11 heavy (non-hydrogen) atoms. The average molecular weight is 155 g/mol. The van der Waals surface area contributed by atoms with E-state index in [0.717, 1.165) is 0 Å². The summed E-state index contributed by atoms with van der Waals surface area (Å²) in [5.74, 6) is 0.447. The second-order valence-electron chi connectivity index (χ2n) is 2.77. The molecule has 0 bridgehead atoms. The highest BCUT2D eigenvalue weighted by atomic mass is 16.2. The van der Waals surface area contributed by atoms with Crippen molar-refractivity contribution in [3.63, 3.8) is 0 Å². The summed E-state index contributed by atoms with van der Waals surface area (Å²) in [5, 5.41) is 0. The van der Waals surface area contributed by atoms with Gasteiger partial charge in [-0.15, -0.1) is 0 Å². The lowest BCUT2D eigenvalue weighted by Gasteiger charge is -2.25. The van der Waals surface area contributed by atoms with Gasteiger partial charge in [-0.3, -0.25) is 9.59 Å². The number of hydrogen-bond acceptors (Lipinski definition) is 2. The van der Waals surface area contributed by atoms with Gasteiger partial charge in [0.15, 0.2) is 0 Å². The second-order valence-corrected chi connectivity index (χ2v) is 2.77. The summed E-state index contributed by atoms with van der Waals surface area (Å²) in [6.45, 7) is 3.11. The standard InChI is InChI=1S/C8H13NO2/c1-2-8(11)9-5-3-7(10)4-6-9/h2-6H2,1H3. The highest BCUT2D eigenvalue weighted by Gasteiger charge is 2.18. The van der Waals surface area contributed by atoms with E-state index in [4.69, 9.17) is 0 Å². The number of carbonyl (C=O) groups is 2. The minimum Gasteiger partial charge on any atom is -0.342 e.